The normalized spacial score (nSPS) is 10.8. The molecule has 2 heterocycles. The van der Waals surface area contributed by atoms with Crippen LogP contribution in [0.1, 0.15) is 5.69 Å². The molecule has 2 aromatic heterocycles. The van der Waals surface area contributed by atoms with Crippen LogP contribution in [0.5, 0.6) is 0 Å². The number of fused-ring (bicyclic) bond motifs is 1. The number of benzene rings is 1. The summed E-state index contributed by atoms with van der Waals surface area (Å²) in [6.07, 6.45) is 0. The molecule has 0 atom stereocenters. The summed E-state index contributed by atoms with van der Waals surface area (Å²) in [5, 5.41) is 18.3. The van der Waals surface area contributed by atoms with E-state index in [1.807, 2.05) is 6.92 Å². The summed E-state index contributed by atoms with van der Waals surface area (Å²) in [5.74, 6) is 0. The molecule has 0 spiro atoms. The van der Waals surface area contributed by atoms with Crippen molar-refractivity contribution >= 4 is 16.7 Å². The number of rotatable bonds is 2. The van der Waals surface area contributed by atoms with E-state index in [1.165, 1.54) is 18.2 Å². The smallest absolute Gasteiger partial charge is 0.269 e. The number of H-pyrrole nitrogens is 2. The second kappa shape index (κ2) is 4.30. The predicted octanol–water partition coefficient (Wildman–Crippen LogP) is 2.13. The Hall–Kier alpha value is -2.96. The Morgan fingerprint density at radius 2 is 1.95 bits per heavy atom. The van der Waals surface area contributed by atoms with E-state index in [0.717, 1.165) is 16.6 Å². The van der Waals surface area contributed by atoms with Gasteiger partial charge in [0.25, 0.3) is 5.69 Å². The van der Waals surface area contributed by atoms with E-state index in [2.05, 4.69) is 15.2 Å². The molecule has 7 nitrogen and oxygen atoms in total. The monoisotopic (exact) mass is 270 g/mol. The average molecular weight is 270 g/mol. The molecular weight excluding hydrogens is 260 g/mol. The Balaban J connectivity index is 2.25. The molecule has 0 aliphatic rings. The van der Waals surface area contributed by atoms with Gasteiger partial charge in [0, 0.05) is 29.3 Å². The van der Waals surface area contributed by atoms with Crippen LogP contribution in [0.3, 0.4) is 0 Å². The number of nitro benzene ring substituents is 1. The Morgan fingerprint density at radius 1 is 1.25 bits per heavy atom. The van der Waals surface area contributed by atoms with Gasteiger partial charge in [-0.25, -0.2) is 0 Å². The lowest BCUT2D eigenvalue weighted by atomic mass is 10.0. The zero-order chi connectivity index (χ0) is 14.3. The lowest BCUT2D eigenvalue weighted by molar-refractivity contribution is -0.384. The summed E-state index contributed by atoms with van der Waals surface area (Å²) in [6, 6.07) is 7.54. The molecule has 0 unspecified atom stereocenters. The number of nitrogens with zero attached hydrogens (tertiary/aromatic N) is 2. The van der Waals surface area contributed by atoms with Gasteiger partial charge in [0.05, 0.1) is 4.92 Å². The van der Waals surface area contributed by atoms with Crippen LogP contribution in [0.2, 0.25) is 0 Å². The number of hydrogen-bond acceptors (Lipinski definition) is 4. The molecule has 0 saturated carbocycles. The summed E-state index contributed by atoms with van der Waals surface area (Å²) >= 11 is 0. The van der Waals surface area contributed by atoms with Crippen molar-refractivity contribution < 1.29 is 4.92 Å². The standard InChI is InChI=1S/C13H10N4O3/c1-7-12-10(6-11(18)14-13(12)16-15-7)8-2-4-9(5-3-8)17(19)20/h2-6H,1H3,(H2,14,15,16,18). The fourth-order valence-electron chi connectivity index (χ4n) is 2.20. The molecule has 20 heavy (non-hydrogen) atoms. The summed E-state index contributed by atoms with van der Waals surface area (Å²) in [5.41, 5.74) is 2.48. The van der Waals surface area contributed by atoms with Gasteiger partial charge in [-0.3, -0.25) is 20.0 Å². The van der Waals surface area contributed by atoms with Gasteiger partial charge in [0.1, 0.15) is 0 Å². The lowest BCUT2D eigenvalue weighted by Crippen LogP contribution is -2.04. The summed E-state index contributed by atoms with van der Waals surface area (Å²) in [4.78, 5) is 24.5. The number of pyridine rings is 1. The van der Waals surface area contributed by atoms with Crippen molar-refractivity contribution in [2.75, 3.05) is 0 Å². The van der Waals surface area contributed by atoms with E-state index in [4.69, 9.17) is 0 Å². The summed E-state index contributed by atoms with van der Waals surface area (Å²) in [6.45, 7) is 1.85. The first kappa shape index (κ1) is 12.1. The highest BCUT2D eigenvalue weighted by Gasteiger charge is 2.12. The maximum absolute atomic E-state index is 11.6. The zero-order valence-corrected chi connectivity index (χ0v) is 10.5. The number of aromatic nitrogens is 3. The molecule has 1 aromatic carbocycles. The predicted molar refractivity (Wildman–Crippen MR) is 73.5 cm³/mol. The third-order valence-electron chi connectivity index (χ3n) is 3.12. The van der Waals surface area contributed by atoms with Crippen molar-refractivity contribution in [1.82, 2.24) is 15.2 Å². The van der Waals surface area contributed by atoms with Crippen molar-refractivity contribution in [2.45, 2.75) is 6.92 Å². The van der Waals surface area contributed by atoms with E-state index < -0.39 is 4.92 Å². The highest BCUT2D eigenvalue weighted by atomic mass is 16.6. The van der Waals surface area contributed by atoms with Gasteiger partial charge in [0.2, 0.25) is 5.56 Å². The van der Waals surface area contributed by atoms with Crippen LogP contribution in [0.15, 0.2) is 35.1 Å². The van der Waals surface area contributed by atoms with Crippen molar-refractivity contribution in [3.8, 4) is 11.1 Å². The molecule has 7 heteroatoms. The third-order valence-corrected chi connectivity index (χ3v) is 3.12. The third kappa shape index (κ3) is 1.85. The minimum atomic E-state index is -0.458. The molecule has 3 rings (SSSR count). The number of non-ortho nitro benzene ring substituents is 1. The lowest BCUT2D eigenvalue weighted by Gasteiger charge is -2.03. The van der Waals surface area contributed by atoms with Crippen molar-refractivity contribution in [2.24, 2.45) is 0 Å². The summed E-state index contributed by atoms with van der Waals surface area (Å²) < 4.78 is 0. The van der Waals surface area contributed by atoms with E-state index in [9.17, 15) is 14.9 Å². The fourth-order valence-corrected chi connectivity index (χ4v) is 2.20. The highest BCUT2D eigenvalue weighted by molar-refractivity contribution is 5.94. The second-order valence-corrected chi connectivity index (χ2v) is 4.42. The number of aryl methyl sites for hydroxylation is 1. The zero-order valence-electron chi connectivity index (χ0n) is 10.5. The van der Waals surface area contributed by atoms with Crippen LogP contribution >= 0.6 is 0 Å². The van der Waals surface area contributed by atoms with Gasteiger partial charge in [-0.05, 0) is 30.2 Å². The molecule has 0 saturated heterocycles. The first-order chi connectivity index (χ1) is 9.56. The SMILES string of the molecule is Cc1[nH]nc2[nH]c(=O)cc(-c3ccc([N+](=O)[O-])cc3)c12. The molecule has 2 N–H and O–H groups in total. The number of nitrogens with one attached hydrogen (secondary N) is 2. The first-order valence-electron chi connectivity index (χ1n) is 5.89. The number of nitro groups is 1. The maximum Gasteiger partial charge on any atom is 0.269 e. The topological polar surface area (TPSA) is 105 Å². The van der Waals surface area contributed by atoms with Gasteiger partial charge in [0.15, 0.2) is 5.65 Å². The van der Waals surface area contributed by atoms with Gasteiger partial charge in [-0.15, -0.1) is 0 Å². The van der Waals surface area contributed by atoms with Crippen LogP contribution in [-0.4, -0.2) is 20.1 Å². The number of hydrogen-bond donors (Lipinski definition) is 2. The fraction of sp³-hybridized carbons (Fsp3) is 0.0769. The molecule has 0 fully saturated rings. The quantitative estimate of drug-likeness (QED) is 0.549. The number of aromatic amines is 2. The van der Waals surface area contributed by atoms with Crippen LogP contribution in [-0.2, 0) is 0 Å². The van der Waals surface area contributed by atoms with Crippen LogP contribution in [0.4, 0.5) is 5.69 Å². The van der Waals surface area contributed by atoms with Gasteiger partial charge < -0.3 is 4.98 Å². The molecule has 0 amide bonds. The minimum absolute atomic E-state index is 0.0127. The molecule has 0 aliphatic heterocycles. The Morgan fingerprint density at radius 3 is 2.60 bits per heavy atom. The first-order valence-corrected chi connectivity index (χ1v) is 5.89. The van der Waals surface area contributed by atoms with Gasteiger partial charge in [-0.2, -0.15) is 5.10 Å². The Bertz CT molecular complexity index is 861. The highest BCUT2D eigenvalue weighted by Crippen LogP contribution is 2.28. The van der Waals surface area contributed by atoms with Gasteiger partial charge >= 0.3 is 0 Å². The molecule has 0 bridgehead atoms. The van der Waals surface area contributed by atoms with E-state index in [-0.39, 0.29) is 11.2 Å². The molecule has 100 valence electrons. The molecule has 0 aliphatic carbocycles. The molecule has 3 aromatic rings. The minimum Gasteiger partial charge on any atom is -0.305 e. The van der Waals surface area contributed by atoms with Crippen LogP contribution in [0, 0.1) is 17.0 Å². The Labute approximate surface area is 112 Å². The average Bonchev–Trinajstić information content (AvgIpc) is 2.79. The van der Waals surface area contributed by atoms with E-state index >= 15 is 0 Å². The largest absolute Gasteiger partial charge is 0.305 e. The molecule has 0 radical (unpaired) electrons. The van der Waals surface area contributed by atoms with Crippen LogP contribution in [0.25, 0.3) is 22.2 Å². The maximum atomic E-state index is 11.6. The van der Waals surface area contributed by atoms with Crippen molar-refractivity contribution in [1.29, 1.82) is 0 Å². The second-order valence-electron chi connectivity index (χ2n) is 4.42. The van der Waals surface area contributed by atoms with Crippen molar-refractivity contribution in [3.63, 3.8) is 0 Å². The van der Waals surface area contributed by atoms with Crippen molar-refractivity contribution in [3.05, 3.63) is 56.5 Å². The summed E-state index contributed by atoms with van der Waals surface area (Å²) in [7, 11) is 0. The van der Waals surface area contributed by atoms with Crippen LogP contribution < -0.4 is 5.56 Å². The molecular formula is C13H10N4O3. The van der Waals surface area contributed by atoms with Gasteiger partial charge in [-0.1, -0.05) is 0 Å². The van der Waals surface area contributed by atoms with E-state index in [1.54, 1.807) is 12.1 Å². The van der Waals surface area contributed by atoms with E-state index in [0.29, 0.717) is 11.2 Å². The Kier molecular flexibility index (Phi) is 2.60.